The first-order valence-corrected chi connectivity index (χ1v) is 11.5. The molecule has 0 radical (unpaired) electrons. The van der Waals surface area contributed by atoms with Gasteiger partial charge in [-0.3, -0.25) is 9.78 Å². The van der Waals surface area contributed by atoms with Gasteiger partial charge in [-0.2, -0.15) is 0 Å². The highest BCUT2D eigenvalue weighted by Crippen LogP contribution is 2.53. The number of hydrogen-bond donors (Lipinski definition) is 3. The van der Waals surface area contributed by atoms with E-state index >= 15 is 0 Å². The lowest BCUT2D eigenvalue weighted by atomic mass is 9.93. The molecule has 0 bridgehead atoms. The van der Waals surface area contributed by atoms with Gasteiger partial charge in [0, 0.05) is 46.9 Å². The Labute approximate surface area is 200 Å². The molecule has 9 nitrogen and oxygen atoms in total. The number of aromatic amines is 1. The van der Waals surface area contributed by atoms with Crippen LogP contribution in [0.4, 0.5) is 15.8 Å². The number of fused-ring (bicyclic) bond motifs is 2. The van der Waals surface area contributed by atoms with E-state index in [4.69, 9.17) is 4.74 Å². The van der Waals surface area contributed by atoms with E-state index in [0.717, 1.165) is 24.1 Å². The van der Waals surface area contributed by atoms with Crippen LogP contribution in [0.15, 0.2) is 49.1 Å². The molecule has 1 spiro atoms. The standard InChI is InChI=1S/C25H24FN7O2/c1-15-17(26)3-2-4-18(15)30-22-20-23(25(6-7-25)14-28-24(20)34)31-21(22)16-5-8-27-13-19(16)35-12-11-33-10-9-29-32-33/h2-5,8-10,13,30-31H,6-7,11-12,14H2,1H3,(H,28,34). The smallest absolute Gasteiger partial charge is 0.255 e. The topological polar surface area (TPSA) is 110 Å². The lowest BCUT2D eigenvalue weighted by Gasteiger charge is -2.23. The van der Waals surface area contributed by atoms with Crippen molar-refractivity contribution in [1.29, 1.82) is 0 Å². The summed E-state index contributed by atoms with van der Waals surface area (Å²) >= 11 is 0. The van der Waals surface area contributed by atoms with Gasteiger partial charge in [-0.05, 0) is 38.0 Å². The number of pyridine rings is 1. The quantitative estimate of drug-likeness (QED) is 0.378. The summed E-state index contributed by atoms with van der Waals surface area (Å²) in [5.41, 5.74) is 4.54. The summed E-state index contributed by atoms with van der Waals surface area (Å²) in [6, 6.07) is 6.72. The number of nitrogens with one attached hydrogen (secondary N) is 3. The van der Waals surface area contributed by atoms with Crippen LogP contribution in [0.2, 0.25) is 0 Å². The minimum atomic E-state index is -0.315. The highest BCUT2D eigenvalue weighted by atomic mass is 19.1. The van der Waals surface area contributed by atoms with Gasteiger partial charge >= 0.3 is 0 Å². The summed E-state index contributed by atoms with van der Waals surface area (Å²) in [6.07, 6.45) is 8.71. The van der Waals surface area contributed by atoms with Crippen molar-refractivity contribution < 1.29 is 13.9 Å². The molecule has 3 N–H and O–H groups in total. The molecule has 3 aromatic heterocycles. The van der Waals surface area contributed by atoms with Crippen molar-refractivity contribution in [3.05, 3.63) is 71.7 Å². The molecule has 1 amide bonds. The van der Waals surface area contributed by atoms with Crippen LogP contribution >= 0.6 is 0 Å². The SMILES string of the molecule is Cc1c(F)cccc1Nc1c(-c2ccncc2OCCn2ccnn2)[nH]c2c1C(=O)NCC21CC1. The minimum absolute atomic E-state index is 0.0873. The number of carbonyl (C=O) groups is 1. The summed E-state index contributed by atoms with van der Waals surface area (Å²) in [5.74, 6) is 0.0971. The number of rotatable bonds is 7. The van der Waals surface area contributed by atoms with E-state index in [-0.39, 0.29) is 17.1 Å². The van der Waals surface area contributed by atoms with Gasteiger partial charge in [-0.25, -0.2) is 9.07 Å². The number of carbonyl (C=O) groups excluding carboxylic acids is 1. The van der Waals surface area contributed by atoms with Gasteiger partial charge in [0.2, 0.25) is 0 Å². The fourth-order valence-corrected chi connectivity index (χ4v) is 4.64. The maximum absolute atomic E-state index is 14.3. The van der Waals surface area contributed by atoms with Crippen LogP contribution in [0.1, 0.15) is 34.5 Å². The second-order valence-corrected chi connectivity index (χ2v) is 9.01. The third-order valence-corrected chi connectivity index (χ3v) is 6.83. The molecule has 1 aliphatic heterocycles. The predicted octanol–water partition coefficient (Wildman–Crippen LogP) is 3.71. The molecular weight excluding hydrogens is 449 g/mol. The van der Waals surface area contributed by atoms with Gasteiger partial charge in [0.05, 0.1) is 35.9 Å². The molecule has 2 aliphatic rings. The highest BCUT2D eigenvalue weighted by Gasteiger charge is 2.51. The zero-order valence-electron chi connectivity index (χ0n) is 19.1. The van der Waals surface area contributed by atoms with E-state index in [9.17, 15) is 9.18 Å². The van der Waals surface area contributed by atoms with E-state index in [2.05, 4.69) is 30.9 Å². The number of benzene rings is 1. The molecule has 1 saturated carbocycles. The van der Waals surface area contributed by atoms with Crippen molar-refractivity contribution in [2.45, 2.75) is 31.7 Å². The fraction of sp³-hybridized carbons (Fsp3) is 0.280. The van der Waals surface area contributed by atoms with E-state index in [1.807, 2.05) is 6.07 Å². The van der Waals surface area contributed by atoms with Crippen LogP contribution in [0, 0.1) is 12.7 Å². The number of anilines is 2. The van der Waals surface area contributed by atoms with Gasteiger partial charge in [0.25, 0.3) is 5.91 Å². The molecule has 35 heavy (non-hydrogen) atoms. The molecular formula is C25H24FN7O2. The second-order valence-electron chi connectivity index (χ2n) is 9.01. The molecule has 4 heterocycles. The number of halogens is 1. The van der Waals surface area contributed by atoms with Crippen molar-refractivity contribution >= 4 is 17.3 Å². The molecule has 178 valence electrons. The van der Waals surface area contributed by atoms with Crippen molar-refractivity contribution in [2.24, 2.45) is 0 Å². The van der Waals surface area contributed by atoms with Gasteiger partial charge in [-0.1, -0.05) is 11.3 Å². The summed E-state index contributed by atoms with van der Waals surface area (Å²) in [5, 5.41) is 14.2. The maximum atomic E-state index is 14.3. The third-order valence-electron chi connectivity index (χ3n) is 6.83. The van der Waals surface area contributed by atoms with Gasteiger partial charge in [0.1, 0.15) is 18.2 Å². The summed E-state index contributed by atoms with van der Waals surface area (Å²) < 4.78 is 22.1. The molecule has 1 aromatic carbocycles. The van der Waals surface area contributed by atoms with Gasteiger partial charge < -0.3 is 20.4 Å². The largest absolute Gasteiger partial charge is 0.489 e. The first-order valence-electron chi connectivity index (χ1n) is 11.5. The molecule has 0 saturated heterocycles. The van der Waals surface area contributed by atoms with E-state index in [1.54, 1.807) is 48.5 Å². The van der Waals surface area contributed by atoms with E-state index in [1.165, 1.54) is 6.07 Å². The Morgan fingerprint density at radius 2 is 2.14 bits per heavy atom. The average molecular weight is 474 g/mol. The number of ether oxygens (including phenoxy) is 1. The Balaban J connectivity index is 1.44. The molecule has 1 fully saturated rings. The molecule has 6 rings (SSSR count). The summed E-state index contributed by atoms with van der Waals surface area (Å²) in [4.78, 5) is 20.9. The van der Waals surface area contributed by atoms with Gasteiger partial charge in [0.15, 0.2) is 0 Å². The van der Waals surface area contributed by atoms with Crippen molar-refractivity contribution in [1.82, 2.24) is 30.3 Å². The lowest BCUT2D eigenvalue weighted by Crippen LogP contribution is -2.39. The summed E-state index contributed by atoms with van der Waals surface area (Å²) in [6.45, 7) is 3.20. The highest BCUT2D eigenvalue weighted by molar-refractivity contribution is 6.07. The van der Waals surface area contributed by atoms with Crippen molar-refractivity contribution in [3.8, 4) is 17.0 Å². The number of amides is 1. The van der Waals surface area contributed by atoms with Crippen LogP contribution in [0.25, 0.3) is 11.3 Å². The molecule has 0 atom stereocenters. The Bertz CT molecular complexity index is 1410. The zero-order chi connectivity index (χ0) is 24.0. The Kier molecular flexibility index (Phi) is 5.01. The number of aromatic nitrogens is 5. The molecule has 0 unspecified atom stereocenters. The fourth-order valence-electron chi connectivity index (χ4n) is 4.64. The van der Waals surface area contributed by atoms with E-state index < -0.39 is 0 Å². The van der Waals surface area contributed by atoms with Crippen LogP contribution < -0.4 is 15.4 Å². The second kappa shape index (κ2) is 8.23. The maximum Gasteiger partial charge on any atom is 0.255 e. The van der Waals surface area contributed by atoms with Crippen LogP contribution in [-0.4, -0.2) is 44.0 Å². The Morgan fingerprint density at radius 1 is 1.26 bits per heavy atom. The normalized spacial score (nSPS) is 15.5. The molecule has 1 aliphatic carbocycles. The van der Waals surface area contributed by atoms with Gasteiger partial charge in [-0.15, -0.1) is 5.10 Å². The van der Waals surface area contributed by atoms with E-state index in [0.29, 0.717) is 53.6 Å². The van der Waals surface area contributed by atoms with Crippen molar-refractivity contribution in [2.75, 3.05) is 18.5 Å². The minimum Gasteiger partial charge on any atom is -0.489 e. The summed E-state index contributed by atoms with van der Waals surface area (Å²) in [7, 11) is 0. The first kappa shape index (κ1) is 21.3. The lowest BCUT2D eigenvalue weighted by molar-refractivity contribution is 0.0938. The molecule has 10 heteroatoms. The third kappa shape index (κ3) is 3.71. The van der Waals surface area contributed by atoms with Crippen LogP contribution in [0.3, 0.4) is 0 Å². The Hall–Kier alpha value is -4.21. The monoisotopic (exact) mass is 473 g/mol. The van der Waals surface area contributed by atoms with Crippen molar-refractivity contribution in [3.63, 3.8) is 0 Å². The van der Waals surface area contributed by atoms with Crippen LogP contribution in [-0.2, 0) is 12.0 Å². The molecule has 4 aromatic rings. The number of hydrogen-bond acceptors (Lipinski definition) is 6. The zero-order valence-corrected chi connectivity index (χ0v) is 19.1. The first-order chi connectivity index (χ1) is 17.1. The number of nitrogens with zero attached hydrogens (tertiary/aromatic N) is 4. The predicted molar refractivity (Wildman–Crippen MR) is 127 cm³/mol. The van der Waals surface area contributed by atoms with Crippen LogP contribution in [0.5, 0.6) is 5.75 Å². The average Bonchev–Trinajstić information content (AvgIpc) is 3.25. The number of H-pyrrole nitrogens is 1. The Morgan fingerprint density at radius 3 is 2.94 bits per heavy atom.